The third-order valence-corrected chi connectivity index (χ3v) is 6.03. The summed E-state index contributed by atoms with van der Waals surface area (Å²) in [6.45, 7) is 8.13. The van der Waals surface area contributed by atoms with Gasteiger partial charge < -0.3 is 15.2 Å². The van der Waals surface area contributed by atoms with Crippen molar-refractivity contribution in [1.82, 2.24) is 15.2 Å². The molecule has 0 atom stereocenters. The highest BCUT2D eigenvalue weighted by Crippen LogP contribution is 2.23. The van der Waals surface area contributed by atoms with Gasteiger partial charge in [0, 0.05) is 39.1 Å². The molecule has 148 valence electrons. The zero-order valence-electron chi connectivity index (χ0n) is 16.6. The first-order valence-corrected chi connectivity index (χ1v) is 10.8. The van der Waals surface area contributed by atoms with Crippen molar-refractivity contribution in [3.63, 3.8) is 0 Å². The van der Waals surface area contributed by atoms with Crippen LogP contribution < -0.4 is 10.6 Å². The average molecular weight is 391 g/mol. The van der Waals surface area contributed by atoms with E-state index in [4.69, 9.17) is 0 Å². The third kappa shape index (κ3) is 6.43. The van der Waals surface area contributed by atoms with Gasteiger partial charge in [0.05, 0.1) is 10.6 Å². The Bertz CT molecular complexity index is 833. The second-order valence-electron chi connectivity index (χ2n) is 7.44. The summed E-state index contributed by atoms with van der Waals surface area (Å²) in [7, 11) is -1.66. The predicted molar refractivity (Wildman–Crippen MR) is 111 cm³/mol. The minimum atomic E-state index is -3.33. The summed E-state index contributed by atoms with van der Waals surface area (Å²) in [5.74, 6) is 0.612. The number of nitrogens with one attached hydrogen (secondary N) is 2. The molecular formula is C20H30N4O2S. The number of aromatic nitrogens is 1. The number of guanidine groups is 1. The molecule has 0 unspecified atom stereocenters. The van der Waals surface area contributed by atoms with Crippen molar-refractivity contribution in [3.05, 3.63) is 54.4 Å². The molecule has 0 aliphatic rings. The van der Waals surface area contributed by atoms with Gasteiger partial charge in [-0.3, -0.25) is 4.99 Å². The molecule has 0 spiro atoms. The van der Waals surface area contributed by atoms with Crippen LogP contribution in [0, 0.1) is 0 Å². The summed E-state index contributed by atoms with van der Waals surface area (Å²) in [5.41, 5.74) is 1.12. The van der Waals surface area contributed by atoms with Crippen molar-refractivity contribution in [2.75, 3.05) is 25.9 Å². The molecule has 2 aromatic rings. The molecule has 0 radical (unpaired) electrons. The highest BCUT2D eigenvalue weighted by atomic mass is 32.2. The topological polar surface area (TPSA) is 75.5 Å². The number of hydrogen-bond acceptors (Lipinski definition) is 3. The van der Waals surface area contributed by atoms with Crippen LogP contribution in [0.15, 0.2) is 58.7 Å². The molecule has 2 rings (SSSR count). The fourth-order valence-electron chi connectivity index (χ4n) is 2.63. The van der Waals surface area contributed by atoms with Crippen molar-refractivity contribution >= 4 is 15.8 Å². The quantitative estimate of drug-likeness (QED) is 0.562. The number of rotatable bonds is 7. The maximum Gasteiger partial charge on any atom is 0.191 e. The molecule has 6 nitrogen and oxygen atoms in total. The van der Waals surface area contributed by atoms with Gasteiger partial charge in [0.2, 0.25) is 0 Å². The maximum absolute atomic E-state index is 12.5. The van der Waals surface area contributed by atoms with Gasteiger partial charge in [0.25, 0.3) is 0 Å². The molecule has 27 heavy (non-hydrogen) atoms. The molecule has 1 aromatic heterocycles. The predicted octanol–water partition coefficient (Wildman–Crippen LogP) is 2.42. The van der Waals surface area contributed by atoms with Gasteiger partial charge >= 0.3 is 0 Å². The lowest BCUT2D eigenvalue weighted by molar-refractivity contribution is 0.585. The lowest BCUT2D eigenvalue weighted by Gasteiger charge is -2.19. The Hall–Kier alpha value is -2.28. The van der Waals surface area contributed by atoms with Gasteiger partial charge in [0.1, 0.15) is 0 Å². The smallest absolute Gasteiger partial charge is 0.191 e. The number of hydrogen-bond donors (Lipinski definition) is 2. The summed E-state index contributed by atoms with van der Waals surface area (Å²) < 4.78 is 27.1. The van der Waals surface area contributed by atoms with Crippen LogP contribution in [0.3, 0.4) is 0 Å². The summed E-state index contributed by atoms with van der Waals surface area (Å²) in [6, 6.07) is 11.1. The number of aliphatic imine (C=N–C) groups is 1. The van der Waals surface area contributed by atoms with Gasteiger partial charge in [-0.1, -0.05) is 32.9 Å². The maximum atomic E-state index is 12.5. The molecular weight excluding hydrogens is 360 g/mol. The highest BCUT2D eigenvalue weighted by Gasteiger charge is 2.17. The number of nitrogens with zero attached hydrogens (tertiary/aromatic N) is 2. The van der Waals surface area contributed by atoms with E-state index in [-0.39, 0.29) is 11.2 Å². The van der Waals surface area contributed by atoms with E-state index in [2.05, 4.69) is 41.0 Å². The molecule has 1 heterocycles. The van der Waals surface area contributed by atoms with Crippen LogP contribution in [0.1, 0.15) is 26.3 Å². The summed E-state index contributed by atoms with van der Waals surface area (Å²) in [4.78, 5) is 4.48. The van der Waals surface area contributed by atoms with Crippen LogP contribution in [-0.2, 0) is 21.8 Å². The molecule has 0 aliphatic carbocycles. The second kappa shape index (κ2) is 9.08. The zero-order valence-corrected chi connectivity index (χ0v) is 17.4. The molecule has 2 N–H and O–H groups in total. The molecule has 0 amide bonds. The van der Waals surface area contributed by atoms with E-state index in [0.29, 0.717) is 23.9 Å². The molecule has 0 saturated heterocycles. The van der Waals surface area contributed by atoms with Crippen LogP contribution >= 0.6 is 0 Å². The molecule has 0 bridgehead atoms. The number of sulfone groups is 1. The second-order valence-corrected chi connectivity index (χ2v) is 9.55. The van der Waals surface area contributed by atoms with E-state index >= 15 is 0 Å². The van der Waals surface area contributed by atoms with Crippen molar-refractivity contribution in [1.29, 1.82) is 0 Å². The van der Waals surface area contributed by atoms with Crippen molar-refractivity contribution < 1.29 is 8.42 Å². The summed E-state index contributed by atoms with van der Waals surface area (Å²) in [5, 5.41) is 6.24. The van der Waals surface area contributed by atoms with Gasteiger partial charge in [-0.2, -0.15) is 0 Å². The van der Waals surface area contributed by atoms with Gasteiger partial charge in [-0.15, -0.1) is 0 Å². The van der Waals surface area contributed by atoms with Crippen molar-refractivity contribution in [2.45, 2.75) is 37.6 Å². The molecule has 7 heteroatoms. The van der Waals surface area contributed by atoms with E-state index in [9.17, 15) is 8.42 Å². The van der Waals surface area contributed by atoms with E-state index in [1.165, 1.54) is 0 Å². The molecule has 1 aromatic carbocycles. The first-order valence-electron chi connectivity index (χ1n) is 9.11. The molecule has 0 fully saturated rings. The first kappa shape index (κ1) is 21.0. The third-order valence-electron chi connectivity index (χ3n) is 4.29. The Morgan fingerprint density at radius 2 is 1.63 bits per heavy atom. The SMILES string of the molecule is CN=C(NCCn1cccc1)NCCS(=O)(=O)c1ccc(C(C)(C)C)cc1. The number of benzene rings is 1. The Morgan fingerprint density at radius 3 is 2.19 bits per heavy atom. The minimum Gasteiger partial charge on any atom is -0.355 e. The van der Waals surface area contributed by atoms with Crippen molar-refractivity contribution in [2.24, 2.45) is 4.99 Å². The fraction of sp³-hybridized carbons (Fsp3) is 0.450. The summed E-state index contributed by atoms with van der Waals surface area (Å²) in [6.07, 6.45) is 3.99. The highest BCUT2D eigenvalue weighted by molar-refractivity contribution is 7.91. The van der Waals surface area contributed by atoms with E-state index in [1.54, 1.807) is 19.2 Å². The van der Waals surface area contributed by atoms with Crippen LogP contribution in [0.2, 0.25) is 0 Å². The van der Waals surface area contributed by atoms with Crippen LogP contribution in [0.5, 0.6) is 0 Å². The molecule has 0 aliphatic heterocycles. The zero-order chi connectivity index (χ0) is 19.9. The Morgan fingerprint density at radius 1 is 1.04 bits per heavy atom. The largest absolute Gasteiger partial charge is 0.355 e. The standard InChI is InChI=1S/C20H30N4O2S/c1-20(2,3)17-7-9-18(10-8-17)27(25,26)16-12-23-19(21-4)22-11-15-24-13-5-6-14-24/h5-10,13-14H,11-12,15-16H2,1-4H3,(H2,21,22,23). The fourth-order valence-corrected chi connectivity index (χ4v) is 3.78. The van der Waals surface area contributed by atoms with Crippen LogP contribution in [0.25, 0.3) is 0 Å². The monoisotopic (exact) mass is 390 g/mol. The normalized spacial score (nSPS) is 12.8. The Kier molecular flexibility index (Phi) is 7.07. The van der Waals surface area contributed by atoms with Crippen LogP contribution in [-0.4, -0.2) is 44.8 Å². The van der Waals surface area contributed by atoms with E-state index in [1.807, 2.05) is 36.7 Å². The lowest BCUT2D eigenvalue weighted by Crippen LogP contribution is -2.40. The minimum absolute atomic E-state index is 0.00264. The van der Waals surface area contributed by atoms with E-state index in [0.717, 1.165) is 12.1 Å². The van der Waals surface area contributed by atoms with Crippen LogP contribution in [0.4, 0.5) is 0 Å². The van der Waals surface area contributed by atoms with Crippen molar-refractivity contribution in [3.8, 4) is 0 Å². The average Bonchev–Trinajstić information content (AvgIpc) is 3.13. The van der Waals surface area contributed by atoms with Gasteiger partial charge in [-0.25, -0.2) is 8.42 Å². The van der Waals surface area contributed by atoms with Gasteiger partial charge in [-0.05, 0) is 35.2 Å². The molecule has 0 saturated carbocycles. The lowest BCUT2D eigenvalue weighted by atomic mass is 9.87. The Labute approximate surface area is 162 Å². The summed E-state index contributed by atoms with van der Waals surface area (Å²) >= 11 is 0. The Balaban J connectivity index is 1.83. The first-order chi connectivity index (χ1) is 12.7. The van der Waals surface area contributed by atoms with Gasteiger partial charge in [0.15, 0.2) is 15.8 Å². The van der Waals surface area contributed by atoms with E-state index < -0.39 is 9.84 Å².